The molecule has 130 valence electrons. The first-order chi connectivity index (χ1) is 12.5. The van der Waals surface area contributed by atoms with Crippen molar-refractivity contribution in [1.29, 1.82) is 0 Å². The number of benzene rings is 3. The Hall–Kier alpha value is -3.27. The molecule has 3 aromatic carbocycles. The van der Waals surface area contributed by atoms with Gasteiger partial charge in [0, 0.05) is 11.1 Å². The van der Waals surface area contributed by atoms with Crippen LogP contribution in [0.4, 0.5) is 4.39 Å². The molecule has 0 saturated heterocycles. The van der Waals surface area contributed by atoms with Crippen molar-refractivity contribution in [2.45, 2.75) is 13.5 Å². The van der Waals surface area contributed by atoms with Crippen LogP contribution >= 0.6 is 0 Å². The fourth-order valence-electron chi connectivity index (χ4n) is 2.56. The highest BCUT2D eigenvalue weighted by molar-refractivity contribution is 5.95. The Morgan fingerprint density at radius 2 is 1.54 bits per heavy atom. The van der Waals surface area contributed by atoms with E-state index in [0.29, 0.717) is 22.3 Å². The Morgan fingerprint density at radius 3 is 2.19 bits per heavy atom. The number of esters is 1. The van der Waals surface area contributed by atoms with Crippen LogP contribution in [0, 0.1) is 5.82 Å². The van der Waals surface area contributed by atoms with Gasteiger partial charge < -0.3 is 4.74 Å². The van der Waals surface area contributed by atoms with Gasteiger partial charge in [0.15, 0.2) is 5.78 Å². The highest BCUT2D eigenvalue weighted by Gasteiger charge is 2.11. The van der Waals surface area contributed by atoms with Crippen LogP contribution in [0.25, 0.3) is 11.1 Å². The van der Waals surface area contributed by atoms with Gasteiger partial charge in [0.05, 0.1) is 5.56 Å². The lowest BCUT2D eigenvalue weighted by atomic mass is 10.00. The Bertz CT molecular complexity index is 931. The summed E-state index contributed by atoms with van der Waals surface area (Å²) in [6.07, 6.45) is 0. The Kier molecular flexibility index (Phi) is 5.23. The van der Waals surface area contributed by atoms with Gasteiger partial charge in [-0.1, -0.05) is 42.5 Å². The summed E-state index contributed by atoms with van der Waals surface area (Å²) in [5.74, 6) is -1.000. The molecule has 0 unspecified atom stereocenters. The molecule has 0 heterocycles. The number of ketones is 1. The molecule has 0 saturated carbocycles. The largest absolute Gasteiger partial charge is 0.457 e. The summed E-state index contributed by atoms with van der Waals surface area (Å²) in [4.78, 5) is 23.6. The minimum atomic E-state index is -0.446. The fourth-order valence-corrected chi connectivity index (χ4v) is 2.56. The Morgan fingerprint density at radius 1 is 0.885 bits per heavy atom. The molecule has 3 aromatic rings. The molecule has 0 amide bonds. The predicted molar refractivity (Wildman–Crippen MR) is 97.4 cm³/mol. The fraction of sp³-hybridized carbons (Fsp3) is 0.0909. The lowest BCUT2D eigenvalue weighted by Crippen LogP contribution is -2.05. The number of hydrogen-bond donors (Lipinski definition) is 0. The van der Waals surface area contributed by atoms with Gasteiger partial charge in [-0.25, -0.2) is 9.18 Å². The number of rotatable bonds is 5. The molecular weight excluding hydrogens is 331 g/mol. The van der Waals surface area contributed by atoms with Crippen LogP contribution in [0.2, 0.25) is 0 Å². The first kappa shape index (κ1) is 17.5. The third-order valence-electron chi connectivity index (χ3n) is 4.02. The van der Waals surface area contributed by atoms with Crippen molar-refractivity contribution in [2.75, 3.05) is 0 Å². The van der Waals surface area contributed by atoms with Crippen LogP contribution in [-0.4, -0.2) is 11.8 Å². The molecule has 0 atom stereocenters. The normalized spacial score (nSPS) is 10.4. The van der Waals surface area contributed by atoms with E-state index in [0.717, 1.165) is 5.56 Å². The van der Waals surface area contributed by atoms with Gasteiger partial charge in [-0.15, -0.1) is 0 Å². The monoisotopic (exact) mass is 348 g/mol. The number of carbonyl (C=O) groups excluding carboxylic acids is 2. The standard InChI is InChI=1S/C22H17FO3/c1-15(24)19-11-12-21(23)20(13-19)17-7-9-18(10-8-17)22(25)26-14-16-5-3-2-4-6-16/h2-13H,14H2,1H3. The van der Waals surface area contributed by atoms with E-state index in [-0.39, 0.29) is 12.4 Å². The van der Waals surface area contributed by atoms with Crippen LogP contribution in [0.1, 0.15) is 33.2 Å². The maximum Gasteiger partial charge on any atom is 0.338 e. The second-order valence-corrected chi connectivity index (χ2v) is 5.89. The van der Waals surface area contributed by atoms with Crippen LogP contribution < -0.4 is 0 Å². The SMILES string of the molecule is CC(=O)c1ccc(F)c(-c2ccc(C(=O)OCc3ccccc3)cc2)c1. The maximum atomic E-state index is 14.1. The van der Waals surface area contributed by atoms with E-state index < -0.39 is 11.8 Å². The zero-order chi connectivity index (χ0) is 18.5. The lowest BCUT2D eigenvalue weighted by Gasteiger charge is -2.08. The molecule has 0 N–H and O–H groups in total. The summed E-state index contributed by atoms with van der Waals surface area (Å²) in [7, 11) is 0. The first-order valence-electron chi connectivity index (χ1n) is 8.16. The molecule has 0 aliphatic carbocycles. The molecule has 0 aliphatic rings. The predicted octanol–water partition coefficient (Wildman–Crippen LogP) is 5.05. The second-order valence-electron chi connectivity index (χ2n) is 5.89. The number of hydrogen-bond acceptors (Lipinski definition) is 3. The minimum absolute atomic E-state index is 0.132. The zero-order valence-corrected chi connectivity index (χ0v) is 14.2. The molecule has 0 radical (unpaired) electrons. The van der Waals surface area contributed by atoms with Crippen molar-refractivity contribution >= 4 is 11.8 Å². The van der Waals surface area contributed by atoms with Crippen LogP contribution in [0.15, 0.2) is 72.8 Å². The maximum absolute atomic E-state index is 14.1. The third-order valence-corrected chi connectivity index (χ3v) is 4.02. The van der Waals surface area contributed by atoms with E-state index in [4.69, 9.17) is 4.74 Å². The van der Waals surface area contributed by atoms with Crippen LogP contribution in [0.5, 0.6) is 0 Å². The van der Waals surface area contributed by atoms with Gasteiger partial charge >= 0.3 is 5.97 Å². The molecule has 0 aliphatic heterocycles. The van der Waals surface area contributed by atoms with Gasteiger partial charge in [0.1, 0.15) is 12.4 Å². The van der Waals surface area contributed by atoms with Crippen LogP contribution in [0.3, 0.4) is 0 Å². The van der Waals surface area contributed by atoms with E-state index in [9.17, 15) is 14.0 Å². The molecule has 26 heavy (non-hydrogen) atoms. The van der Waals surface area contributed by atoms with Gasteiger partial charge in [-0.3, -0.25) is 4.79 Å². The van der Waals surface area contributed by atoms with Crippen molar-refractivity contribution < 1.29 is 18.7 Å². The number of ether oxygens (including phenoxy) is 1. The van der Waals surface area contributed by atoms with Crippen molar-refractivity contribution in [3.63, 3.8) is 0 Å². The molecule has 3 rings (SSSR count). The van der Waals surface area contributed by atoms with Crippen molar-refractivity contribution in [3.8, 4) is 11.1 Å². The molecule has 3 nitrogen and oxygen atoms in total. The van der Waals surface area contributed by atoms with E-state index in [1.54, 1.807) is 24.3 Å². The lowest BCUT2D eigenvalue weighted by molar-refractivity contribution is 0.0472. The number of carbonyl (C=O) groups is 2. The Balaban J connectivity index is 1.75. The Labute approximate surface area is 151 Å². The summed E-state index contributed by atoms with van der Waals surface area (Å²) in [6.45, 7) is 1.62. The van der Waals surface area contributed by atoms with Crippen molar-refractivity contribution in [1.82, 2.24) is 0 Å². The van der Waals surface area contributed by atoms with E-state index in [1.165, 1.54) is 25.1 Å². The average molecular weight is 348 g/mol. The molecular formula is C22H17FO3. The van der Waals surface area contributed by atoms with Gasteiger partial charge in [-0.05, 0) is 48.4 Å². The minimum Gasteiger partial charge on any atom is -0.457 e. The summed E-state index contributed by atoms with van der Waals surface area (Å²) < 4.78 is 19.4. The van der Waals surface area contributed by atoms with Gasteiger partial charge in [0.25, 0.3) is 0 Å². The number of Topliss-reactive ketones (excluding diaryl/α,β-unsaturated/α-hetero) is 1. The van der Waals surface area contributed by atoms with E-state index in [2.05, 4.69) is 0 Å². The quantitative estimate of drug-likeness (QED) is 0.478. The second kappa shape index (κ2) is 7.74. The van der Waals surface area contributed by atoms with E-state index >= 15 is 0 Å². The number of halogens is 1. The zero-order valence-electron chi connectivity index (χ0n) is 14.2. The highest BCUT2D eigenvalue weighted by Crippen LogP contribution is 2.25. The molecule has 0 aromatic heterocycles. The van der Waals surface area contributed by atoms with Gasteiger partial charge in [-0.2, -0.15) is 0 Å². The molecule has 4 heteroatoms. The van der Waals surface area contributed by atoms with E-state index in [1.807, 2.05) is 30.3 Å². The molecule has 0 fully saturated rings. The smallest absolute Gasteiger partial charge is 0.338 e. The van der Waals surface area contributed by atoms with Crippen molar-refractivity contribution in [3.05, 3.63) is 95.3 Å². The topological polar surface area (TPSA) is 43.4 Å². The highest BCUT2D eigenvalue weighted by atomic mass is 19.1. The molecule has 0 bridgehead atoms. The van der Waals surface area contributed by atoms with Crippen LogP contribution in [-0.2, 0) is 11.3 Å². The first-order valence-corrected chi connectivity index (χ1v) is 8.16. The third kappa shape index (κ3) is 4.03. The summed E-state index contributed by atoms with van der Waals surface area (Å²) >= 11 is 0. The van der Waals surface area contributed by atoms with Gasteiger partial charge in [0.2, 0.25) is 0 Å². The summed E-state index contributed by atoms with van der Waals surface area (Å²) in [6, 6.07) is 20.1. The van der Waals surface area contributed by atoms with Crippen molar-refractivity contribution in [2.24, 2.45) is 0 Å². The summed E-state index contributed by atoms with van der Waals surface area (Å²) in [5.41, 5.74) is 2.63. The summed E-state index contributed by atoms with van der Waals surface area (Å²) in [5, 5.41) is 0. The average Bonchev–Trinajstić information content (AvgIpc) is 2.67. The molecule has 0 spiro atoms.